The number of nitrogens with one attached hydrogen (secondary N) is 1. The minimum Gasteiger partial charge on any atom is -0.390 e. The molecule has 1 saturated heterocycles. The number of ether oxygens (including phenoxy) is 1. The van der Waals surface area contributed by atoms with Crippen molar-refractivity contribution in [1.29, 1.82) is 0 Å². The van der Waals surface area contributed by atoms with E-state index >= 15 is 0 Å². The number of carbonyl (C=O) groups excluding carboxylic acids is 2. The third kappa shape index (κ3) is 5.65. The van der Waals surface area contributed by atoms with Crippen molar-refractivity contribution >= 4 is 23.1 Å². The minimum atomic E-state index is -0.396. The van der Waals surface area contributed by atoms with Gasteiger partial charge in [-0.1, -0.05) is 0 Å². The number of pyridine rings is 1. The van der Waals surface area contributed by atoms with E-state index in [2.05, 4.69) is 32.2 Å². The molecule has 2 N–H and O–H groups in total. The summed E-state index contributed by atoms with van der Waals surface area (Å²) in [6.07, 6.45) is 11.3. The average molecular weight is 574 g/mol. The fourth-order valence-electron chi connectivity index (χ4n) is 6.70. The molecule has 0 bridgehead atoms. The fraction of sp³-hybridized carbons (Fsp3) is 0.581. The van der Waals surface area contributed by atoms with Crippen LogP contribution in [0.15, 0.2) is 36.8 Å². The second-order valence-electron chi connectivity index (χ2n) is 12.5. The molecule has 3 atom stereocenters. The molecule has 3 aromatic rings. The molecule has 4 heterocycles. The zero-order valence-electron chi connectivity index (χ0n) is 24.1. The molecule has 1 aliphatic heterocycles. The van der Waals surface area contributed by atoms with Gasteiger partial charge in [0, 0.05) is 73.8 Å². The van der Waals surface area contributed by atoms with Gasteiger partial charge in [-0.3, -0.25) is 14.5 Å². The molecule has 222 valence electrons. The molecule has 0 radical (unpaired) electrons. The molecule has 0 unspecified atom stereocenters. The Balaban J connectivity index is 0.913. The maximum absolute atomic E-state index is 13.0. The standard InChI is InChI=1S/C31H39N7O4/c1-19-17-36(31(41)20-5-6-20)9-10-37(19)24-12-22(13-24)30(40)34-28-14-25-11-21(7-8-38(25)35-28)23-15-32-29(33-16-23)18-42-27-4-2-3-26(27)39/h7-8,11,14-16,19-20,22,24,26-27,39H,2-6,9-10,12-13,17-18H2,1H3,(H,34,35,40)/t19-,22?,24?,26-,27-/m0/s1. The number of rotatable bonds is 8. The number of anilines is 1. The molecule has 3 saturated carbocycles. The van der Waals surface area contributed by atoms with E-state index in [4.69, 9.17) is 4.74 Å². The highest BCUT2D eigenvalue weighted by molar-refractivity contribution is 5.93. The number of hydrogen-bond donors (Lipinski definition) is 2. The summed E-state index contributed by atoms with van der Waals surface area (Å²) >= 11 is 0. The first-order valence-corrected chi connectivity index (χ1v) is 15.4. The molecule has 0 aromatic carbocycles. The second kappa shape index (κ2) is 11.3. The fourth-order valence-corrected chi connectivity index (χ4v) is 6.70. The number of piperazine rings is 1. The molecule has 3 aliphatic carbocycles. The number of nitrogens with zero attached hydrogens (tertiary/aromatic N) is 6. The Morgan fingerprint density at radius 1 is 1.05 bits per heavy atom. The molecule has 7 rings (SSSR count). The summed E-state index contributed by atoms with van der Waals surface area (Å²) in [5.74, 6) is 1.73. The summed E-state index contributed by atoms with van der Waals surface area (Å²) in [5.41, 5.74) is 2.69. The summed E-state index contributed by atoms with van der Waals surface area (Å²) in [4.78, 5) is 38.9. The Kier molecular flexibility index (Phi) is 7.41. The highest BCUT2D eigenvalue weighted by atomic mass is 16.5. The van der Waals surface area contributed by atoms with Gasteiger partial charge in [0.25, 0.3) is 0 Å². The summed E-state index contributed by atoms with van der Waals surface area (Å²) < 4.78 is 7.55. The van der Waals surface area contributed by atoms with Crippen LogP contribution in [0.1, 0.15) is 57.7 Å². The van der Waals surface area contributed by atoms with Crippen LogP contribution in [0.2, 0.25) is 0 Å². The van der Waals surface area contributed by atoms with E-state index in [1.54, 1.807) is 16.9 Å². The Morgan fingerprint density at radius 2 is 1.86 bits per heavy atom. The van der Waals surface area contributed by atoms with E-state index in [1.165, 1.54) is 0 Å². The molecule has 0 spiro atoms. The molecule has 42 heavy (non-hydrogen) atoms. The summed E-state index contributed by atoms with van der Waals surface area (Å²) in [5, 5.41) is 17.5. The van der Waals surface area contributed by atoms with E-state index in [-0.39, 0.29) is 30.5 Å². The molecule has 2 amide bonds. The highest BCUT2D eigenvalue weighted by Gasteiger charge is 2.43. The molecule has 11 heteroatoms. The van der Waals surface area contributed by atoms with Crippen LogP contribution in [-0.4, -0.2) is 90.2 Å². The molecule has 4 aliphatic rings. The largest absolute Gasteiger partial charge is 0.390 e. The van der Waals surface area contributed by atoms with Crippen LogP contribution in [0.3, 0.4) is 0 Å². The monoisotopic (exact) mass is 573 g/mol. The number of aromatic nitrogens is 4. The van der Waals surface area contributed by atoms with Crippen molar-refractivity contribution in [3.63, 3.8) is 0 Å². The first-order chi connectivity index (χ1) is 20.4. The van der Waals surface area contributed by atoms with Gasteiger partial charge in [-0.25, -0.2) is 14.5 Å². The van der Waals surface area contributed by atoms with Crippen LogP contribution in [0.25, 0.3) is 16.6 Å². The Bertz CT molecular complexity index is 1450. The van der Waals surface area contributed by atoms with Crippen LogP contribution >= 0.6 is 0 Å². The van der Waals surface area contributed by atoms with Crippen LogP contribution in [0.4, 0.5) is 5.82 Å². The predicted molar refractivity (Wildman–Crippen MR) is 155 cm³/mol. The summed E-state index contributed by atoms with van der Waals surface area (Å²) in [7, 11) is 0. The van der Waals surface area contributed by atoms with Crippen molar-refractivity contribution in [2.24, 2.45) is 11.8 Å². The van der Waals surface area contributed by atoms with Crippen LogP contribution < -0.4 is 5.32 Å². The third-order valence-corrected chi connectivity index (χ3v) is 9.47. The van der Waals surface area contributed by atoms with E-state index < -0.39 is 6.10 Å². The molecule has 11 nitrogen and oxygen atoms in total. The minimum absolute atomic E-state index is 0.0152. The predicted octanol–water partition coefficient (Wildman–Crippen LogP) is 2.88. The number of hydrogen-bond acceptors (Lipinski definition) is 8. The lowest BCUT2D eigenvalue weighted by molar-refractivity contribution is -0.137. The second-order valence-corrected chi connectivity index (χ2v) is 12.5. The van der Waals surface area contributed by atoms with Crippen molar-refractivity contribution in [1.82, 2.24) is 29.4 Å². The average Bonchev–Trinajstić information content (AvgIpc) is 3.62. The Hall–Kier alpha value is -3.41. The number of carbonyl (C=O) groups is 2. The molecule has 3 aromatic heterocycles. The van der Waals surface area contributed by atoms with Crippen molar-refractivity contribution in [2.45, 2.75) is 82.8 Å². The molecule has 4 fully saturated rings. The van der Waals surface area contributed by atoms with Crippen LogP contribution in [-0.2, 0) is 20.9 Å². The SMILES string of the molecule is C[C@H]1CN(C(=O)C2CC2)CCN1C1CC(C(=O)Nc2cc3cc(-c4cnc(CO[C@H]5CCC[C@@H]5O)nc4)ccn3n2)C1. The smallest absolute Gasteiger partial charge is 0.228 e. The zero-order valence-corrected chi connectivity index (χ0v) is 24.1. The zero-order chi connectivity index (χ0) is 28.8. The van der Waals surface area contributed by atoms with Gasteiger partial charge >= 0.3 is 0 Å². The van der Waals surface area contributed by atoms with Gasteiger partial charge in [0.15, 0.2) is 11.6 Å². The Morgan fingerprint density at radius 3 is 2.57 bits per heavy atom. The number of aliphatic hydroxyl groups is 1. The van der Waals surface area contributed by atoms with Gasteiger partial charge in [0.1, 0.15) is 6.61 Å². The van der Waals surface area contributed by atoms with Crippen molar-refractivity contribution < 1.29 is 19.4 Å². The lowest BCUT2D eigenvalue weighted by Gasteiger charge is -2.49. The maximum Gasteiger partial charge on any atom is 0.228 e. The normalized spacial score (nSPS) is 28.1. The van der Waals surface area contributed by atoms with E-state index in [9.17, 15) is 14.7 Å². The van der Waals surface area contributed by atoms with Gasteiger partial charge < -0.3 is 20.1 Å². The molecular formula is C31H39N7O4. The van der Waals surface area contributed by atoms with Gasteiger partial charge in [0.2, 0.25) is 11.8 Å². The highest BCUT2D eigenvalue weighted by Crippen LogP contribution is 2.36. The third-order valence-electron chi connectivity index (χ3n) is 9.47. The number of amides is 2. The number of fused-ring (bicyclic) bond motifs is 1. The molecular weight excluding hydrogens is 534 g/mol. The van der Waals surface area contributed by atoms with Gasteiger partial charge in [-0.15, -0.1) is 0 Å². The van der Waals surface area contributed by atoms with E-state index in [0.717, 1.165) is 81.2 Å². The lowest BCUT2D eigenvalue weighted by atomic mass is 9.78. The Labute approximate surface area is 245 Å². The van der Waals surface area contributed by atoms with Crippen molar-refractivity contribution in [3.8, 4) is 11.1 Å². The summed E-state index contributed by atoms with van der Waals surface area (Å²) in [6.45, 7) is 4.96. The van der Waals surface area contributed by atoms with Crippen molar-refractivity contribution in [3.05, 3.63) is 42.6 Å². The number of aliphatic hydroxyl groups excluding tert-OH is 1. The van der Waals surface area contributed by atoms with Crippen LogP contribution in [0, 0.1) is 11.8 Å². The quantitative estimate of drug-likeness (QED) is 0.422. The summed E-state index contributed by atoms with van der Waals surface area (Å²) in [6, 6.07) is 6.55. The van der Waals surface area contributed by atoms with Crippen molar-refractivity contribution in [2.75, 3.05) is 25.0 Å². The van der Waals surface area contributed by atoms with Gasteiger partial charge in [-0.2, -0.15) is 5.10 Å². The van der Waals surface area contributed by atoms with Gasteiger partial charge in [0.05, 0.1) is 17.7 Å². The topological polar surface area (TPSA) is 125 Å². The van der Waals surface area contributed by atoms with Gasteiger partial charge in [-0.05, 0) is 69.6 Å². The van der Waals surface area contributed by atoms with E-state index in [0.29, 0.717) is 29.6 Å². The first-order valence-electron chi connectivity index (χ1n) is 15.4. The first kappa shape index (κ1) is 27.4. The van der Waals surface area contributed by atoms with E-state index in [1.807, 2.05) is 29.3 Å². The lowest BCUT2D eigenvalue weighted by Crippen LogP contribution is -2.60. The van der Waals surface area contributed by atoms with Crippen LogP contribution in [0.5, 0.6) is 0 Å². The maximum atomic E-state index is 13.0.